The van der Waals surface area contributed by atoms with Crippen LogP contribution in [0.5, 0.6) is 0 Å². The Balaban J connectivity index is 2.08. The molecule has 1 unspecified atom stereocenters. The Morgan fingerprint density at radius 2 is 2.31 bits per heavy atom. The van der Waals surface area contributed by atoms with Crippen LogP contribution in [-0.4, -0.2) is 12.5 Å². The lowest BCUT2D eigenvalue weighted by molar-refractivity contribution is -0.126. The minimum absolute atomic E-state index is 0.00437. The van der Waals surface area contributed by atoms with Gasteiger partial charge in [0.25, 0.3) is 0 Å². The van der Waals surface area contributed by atoms with Crippen molar-refractivity contribution in [2.45, 2.75) is 19.3 Å². The van der Waals surface area contributed by atoms with E-state index in [1.54, 1.807) is 12.1 Å². The lowest BCUT2D eigenvalue weighted by atomic mass is 9.91. The number of nitrogens with one attached hydrogen (secondary N) is 1. The molecule has 1 aromatic rings. The second kappa shape index (κ2) is 4.83. The second-order valence-electron chi connectivity index (χ2n) is 4.08. The monoisotopic (exact) mass is 241 g/mol. The number of carbonyl (C=O) groups is 1. The van der Waals surface area contributed by atoms with Crippen LogP contribution in [0.3, 0.4) is 0 Å². The fraction of sp³-hybridized carbons (Fsp3) is 0.417. The van der Waals surface area contributed by atoms with Gasteiger partial charge in [0.2, 0.25) is 5.91 Å². The number of hydrogen-bond acceptors (Lipinski definition) is 1. The van der Waals surface area contributed by atoms with Crippen molar-refractivity contribution in [3.63, 3.8) is 0 Å². The Labute approximate surface area is 98.8 Å². The maximum absolute atomic E-state index is 12.9. The molecule has 1 aromatic carbocycles. The Morgan fingerprint density at radius 1 is 1.50 bits per heavy atom. The third-order valence-electron chi connectivity index (χ3n) is 2.87. The molecule has 1 N–H and O–H groups in total. The molecule has 0 aromatic heterocycles. The molecule has 1 aliphatic heterocycles. The van der Waals surface area contributed by atoms with E-state index in [1.807, 2.05) is 0 Å². The molecule has 0 radical (unpaired) electrons. The number of benzene rings is 1. The average Bonchev–Trinajstić information content (AvgIpc) is 2.27. The van der Waals surface area contributed by atoms with E-state index in [0.29, 0.717) is 6.42 Å². The van der Waals surface area contributed by atoms with Crippen molar-refractivity contribution in [3.8, 4) is 0 Å². The highest BCUT2D eigenvalue weighted by molar-refractivity contribution is 6.30. The van der Waals surface area contributed by atoms with Gasteiger partial charge < -0.3 is 5.32 Å². The summed E-state index contributed by atoms with van der Waals surface area (Å²) >= 11 is 5.69. The lowest BCUT2D eigenvalue weighted by Gasteiger charge is -2.21. The third kappa shape index (κ3) is 2.53. The Bertz CT molecular complexity index is 408. The summed E-state index contributed by atoms with van der Waals surface area (Å²) in [7, 11) is 0. The standard InChI is InChI=1S/C12H13ClFNO/c13-10-7-8(3-4-11(10)14)6-9-2-1-5-15-12(9)16/h3-4,7,9H,1-2,5-6H2,(H,15,16). The Kier molecular flexibility index (Phi) is 3.44. The topological polar surface area (TPSA) is 29.1 Å². The highest BCUT2D eigenvalue weighted by Gasteiger charge is 2.22. The molecule has 1 amide bonds. The smallest absolute Gasteiger partial charge is 0.223 e. The van der Waals surface area contributed by atoms with Crippen LogP contribution in [0.25, 0.3) is 0 Å². The van der Waals surface area contributed by atoms with Crippen LogP contribution in [-0.2, 0) is 11.2 Å². The summed E-state index contributed by atoms with van der Waals surface area (Å²) in [5.41, 5.74) is 0.911. The number of halogens is 2. The van der Waals surface area contributed by atoms with E-state index in [9.17, 15) is 9.18 Å². The highest BCUT2D eigenvalue weighted by Crippen LogP contribution is 2.21. The van der Waals surface area contributed by atoms with Crippen molar-refractivity contribution in [2.75, 3.05) is 6.54 Å². The van der Waals surface area contributed by atoms with Gasteiger partial charge in [-0.25, -0.2) is 4.39 Å². The lowest BCUT2D eigenvalue weighted by Crippen LogP contribution is -2.37. The fourth-order valence-corrected chi connectivity index (χ4v) is 2.18. The summed E-state index contributed by atoms with van der Waals surface area (Å²) in [5, 5.41) is 2.95. The highest BCUT2D eigenvalue weighted by atomic mass is 35.5. The largest absolute Gasteiger partial charge is 0.356 e. The van der Waals surface area contributed by atoms with Crippen molar-refractivity contribution < 1.29 is 9.18 Å². The SMILES string of the molecule is O=C1NCCCC1Cc1ccc(F)c(Cl)c1. The molecule has 1 fully saturated rings. The van der Waals surface area contributed by atoms with Crippen molar-refractivity contribution in [1.82, 2.24) is 5.32 Å². The molecule has 1 aliphatic rings. The van der Waals surface area contributed by atoms with Crippen molar-refractivity contribution in [1.29, 1.82) is 0 Å². The number of amides is 1. The van der Waals surface area contributed by atoms with E-state index < -0.39 is 5.82 Å². The maximum atomic E-state index is 12.9. The third-order valence-corrected chi connectivity index (χ3v) is 3.16. The zero-order chi connectivity index (χ0) is 11.5. The zero-order valence-corrected chi connectivity index (χ0v) is 9.56. The summed E-state index contributed by atoms with van der Waals surface area (Å²) in [4.78, 5) is 11.5. The Morgan fingerprint density at radius 3 is 3.00 bits per heavy atom. The molecule has 0 bridgehead atoms. The van der Waals surface area contributed by atoms with Gasteiger partial charge in [0.1, 0.15) is 5.82 Å². The Hall–Kier alpha value is -1.09. The van der Waals surface area contributed by atoms with Crippen LogP contribution in [0, 0.1) is 11.7 Å². The summed E-state index contributed by atoms with van der Waals surface area (Å²) in [6, 6.07) is 4.63. The number of hydrogen-bond donors (Lipinski definition) is 1. The van der Waals surface area contributed by atoms with E-state index in [0.717, 1.165) is 24.9 Å². The van der Waals surface area contributed by atoms with Gasteiger partial charge in [0.05, 0.1) is 5.02 Å². The van der Waals surface area contributed by atoms with Crippen molar-refractivity contribution >= 4 is 17.5 Å². The molecule has 1 atom stereocenters. The molecule has 0 aliphatic carbocycles. The van der Waals surface area contributed by atoms with Crippen LogP contribution in [0.4, 0.5) is 4.39 Å². The molecular weight excluding hydrogens is 229 g/mol. The van der Waals surface area contributed by atoms with Crippen LogP contribution >= 0.6 is 11.6 Å². The van der Waals surface area contributed by atoms with Crippen molar-refractivity contribution in [3.05, 3.63) is 34.6 Å². The van der Waals surface area contributed by atoms with E-state index in [-0.39, 0.29) is 16.8 Å². The summed E-state index contributed by atoms with van der Waals surface area (Å²) in [5.74, 6) is -0.333. The number of rotatable bonds is 2. The molecular formula is C12H13ClFNO. The molecule has 0 spiro atoms. The molecule has 2 rings (SSSR count). The first-order valence-electron chi connectivity index (χ1n) is 5.38. The first-order chi connectivity index (χ1) is 7.66. The number of carbonyl (C=O) groups excluding carboxylic acids is 1. The van der Waals surface area contributed by atoms with Crippen LogP contribution in [0.2, 0.25) is 5.02 Å². The molecule has 0 saturated carbocycles. The first-order valence-corrected chi connectivity index (χ1v) is 5.76. The van der Waals surface area contributed by atoms with E-state index in [1.165, 1.54) is 6.07 Å². The predicted octanol–water partition coefficient (Wildman–Crippen LogP) is 2.55. The van der Waals surface area contributed by atoms with E-state index in [2.05, 4.69) is 5.32 Å². The molecule has 2 nitrogen and oxygen atoms in total. The molecule has 16 heavy (non-hydrogen) atoms. The minimum atomic E-state index is -0.418. The van der Waals surface area contributed by atoms with Gasteiger partial charge in [-0.1, -0.05) is 17.7 Å². The van der Waals surface area contributed by atoms with Crippen LogP contribution in [0.15, 0.2) is 18.2 Å². The quantitative estimate of drug-likeness (QED) is 0.847. The van der Waals surface area contributed by atoms with Gasteiger partial charge in [-0.2, -0.15) is 0 Å². The summed E-state index contributed by atoms with van der Waals surface area (Å²) in [6.07, 6.45) is 2.53. The van der Waals surface area contributed by atoms with Crippen LogP contribution in [0.1, 0.15) is 18.4 Å². The van der Waals surface area contributed by atoms with Gasteiger partial charge in [-0.05, 0) is 37.0 Å². The summed E-state index contributed by atoms with van der Waals surface area (Å²) < 4.78 is 12.9. The molecule has 1 saturated heterocycles. The van der Waals surface area contributed by atoms with E-state index >= 15 is 0 Å². The van der Waals surface area contributed by atoms with Crippen LogP contribution < -0.4 is 5.32 Å². The van der Waals surface area contributed by atoms with Gasteiger partial charge in [0.15, 0.2) is 0 Å². The van der Waals surface area contributed by atoms with E-state index in [4.69, 9.17) is 11.6 Å². The minimum Gasteiger partial charge on any atom is -0.356 e. The molecule has 1 heterocycles. The van der Waals surface area contributed by atoms with Gasteiger partial charge in [0, 0.05) is 12.5 Å². The van der Waals surface area contributed by atoms with Gasteiger partial charge in [-0.3, -0.25) is 4.79 Å². The van der Waals surface area contributed by atoms with Gasteiger partial charge >= 0.3 is 0 Å². The average molecular weight is 242 g/mol. The first kappa shape index (κ1) is 11.4. The second-order valence-corrected chi connectivity index (χ2v) is 4.49. The molecule has 86 valence electrons. The fourth-order valence-electron chi connectivity index (χ4n) is 1.98. The molecule has 4 heteroatoms. The van der Waals surface area contributed by atoms with Crippen molar-refractivity contribution in [2.24, 2.45) is 5.92 Å². The maximum Gasteiger partial charge on any atom is 0.223 e. The zero-order valence-electron chi connectivity index (χ0n) is 8.80. The van der Waals surface area contributed by atoms with Gasteiger partial charge in [-0.15, -0.1) is 0 Å². The number of piperidine rings is 1. The normalized spacial score (nSPS) is 20.6. The summed E-state index contributed by atoms with van der Waals surface area (Å²) in [6.45, 7) is 0.763. The predicted molar refractivity (Wildman–Crippen MR) is 60.8 cm³/mol.